The van der Waals surface area contributed by atoms with Gasteiger partial charge in [-0.1, -0.05) is 66.2 Å². The maximum absolute atomic E-state index is 13.8. The number of amides is 1. The number of rotatable bonds is 2. The Morgan fingerprint density at radius 2 is 1.41 bits per heavy atom. The Morgan fingerprint density at radius 1 is 0.844 bits per heavy atom. The molecule has 5 rings (SSSR count). The minimum Gasteiger partial charge on any atom is -0.457 e. The molecule has 0 aromatic heterocycles. The Morgan fingerprint density at radius 3 is 2.03 bits per heavy atom. The van der Waals surface area contributed by atoms with Gasteiger partial charge in [-0.25, -0.2) is 8.42 Å². The molecule has 3 aromatic carbocycles. The molecule has 0 aliphatic carbocycles. The van der Waals surface area contributed by atoms with E-state index in [0.29, 0.717) is 35.1 Å². The number of benzene rings is 3. The van der Waals surface area contributed by atoms with Crippen LogP contribution >= 0.6 is 11.6 Å². The van der Waals surface area contributed by atoms with Crippen LogP contribution in [0.4, 0.5) is 0 Å². The second-order valence-electron chi connectivity index (χ2n) is 8.10. The van der Waals surface area contributed by atoms with Crippen molar-refractivity contribution in [2.45, 2.75) is 17.6 Å². The van der Waals surface area contributed by atoms with E-state index in [4.69, 9.17) is 16.3 Å². The minimum atomic E-state index is -3.46. The van der Waals surface area contributed by atoms with Crippen molar-refractivity contribution < 1.29 is 17.9 Å². The van der Waals surface area contributed by atoms with E-state index in [1.54, 1.807) is 29.2 Å². The summed E-state index contributed by atoms with van der Waals surface area (Å²) >= 11 is 6.31. The lowest BCUT2D eigenvalue weighted by Gasteiger charge is -2.31. The highest BCUT2D eigenvalue weighted by atomic mass is 35.5. The van der Waals surface area contributed by atoms with Crippen LogP contribution in [0.3, 0.4) is 0 Å². The highest BCUT2D eigenvalue weighted by Gasteiger charge is 2.38. The molecule has 7 heteroatoms. The van der Waals surface area contributed by atoms with E-state index < -0.39 is 21.0 Å². The van der Waals surface area contributed by atoms with Crippen molar-refractivity contribution in [3.8, 4) is 11.5 Å². The predicted octanol–water partition coefficient (Wildman–Crippen LogP) is 4.97. The van der Waals surface area contributed by atoms with Gasteiger partial charge < -0.3 is 9.64 Å². The van der Waals surface area contributed by atoms with Gasteiger partial charge in [0.05, 0.1) is 16.9 Å². The number of carbonyl (C=O) groups is 1. The molecule has 32 heavy (non-hydrogen) atoms. The zero-order valence-corrected chi connectivity index (χ0v) is 18.9. The molecule has 2 aliphatic rings. The number of hydrogen-bond donors (Lipinski definition) is 0. The van der Waals surface area contributed by atoms with Gasteiger partial charge in [0.1, 0.15) is 11.5 Å². The summed E-state index contributed by atoms with van der Waals surface area (Å²) in [4.78, 5) is 15.5. The summed E-state index contributed by atoms with van der Waals surface area (Å²) in [6.45, 7) is 0.499. The van der Waals surface area contributed by atoms with Gasteiger partial charge in [-0.2, -0.15) is 0 Å². The molecule has 2 heterocycles. The van der Waals surface area contributed by atoms with Crippen LogP contribution in [0, 0.1) is 0 Å². The highest BCUT2D eigenvalue weighted by molar-refractivity contribution is 7.91. The van der Waals surface area contributed by atoms with Crippen LogP contribution in [-0.2, 0) is 14.6 Å². The molecular weight excluding hydrogens is 446 g/mol. The Labute approximate surface area is 192 Å². The Balaban J connectivity index is 1.48. The summed E-state index contributed by atoms with van der Waals surface area (Å²) in [5, 5.41) is -0.281. The first kappa shape index (κ1) is 21.0. The SMILES string of the molecule is O=C(C1c2ccccc2Oc2ccccc21)N1CCC(c2ccccc2Cl)S(=O)(=O)CC1. The standard InChI is InChI=1S/C25H22ClNO4S/c26-20-10-4-1-7-17(20)23-13-14-27(15-16-32(23,29)30)25(28)24-18-8-2-5-11-21(18)31-22-12-6-3-9-19(22)24/h1-12,23-24H,13-16H2. The van der Waals surface area contributed by atoms with Crippen molar-refractivity contribution in [3.63, 3.8) is 0 Å². The molecule has 1 unspecified atom stereocenters. The van der Waals surface area contributed by atoms with E-state index in [1.165, 1.54) is 0 Å². The molecule has 2 aliphatic heterocycles. The number of hydrogen-bond acceptors (Lipinski definition) is 4. The number of nitrogens with zero attached hydrogens (tertiary/aromatic N) is 1. The molecule has 1 fully saturated rings. The van der Waals surface area contributed by atoms with E-state index in [2.05, 4.69) is 0 Å². The van der Waals surface area contributed by atoms with E-state index >= 15 is 0 Å². The van der Waals surface area contributed by atoms with Crippen molar-refractivity contribution in [2.75, 3.05) is 18.8 Å². The first-order valence-electron chi connectivity index (χ1n) is 10.6. The third-order valence-corrected chi connectivity index (χ3v) is 8.68. The highest BCUT2D eigenvalue weighted by Crippen LogP contribution is 2.45. The summed E-state index contributed by atoms with van der Waals surface area (Å²) in [6, 6.07) is 22.1. The zero-order valence-electron chi connectivity index (χ0n) is 17.3. The maximum atomic E-state index is 13.8. The number of fused-ring (bicyclic) bond motifs is 2. The normalized spacial score (nSPS) is 19.9. The fraction of sp³-hybridized carbons (Fsp3) is 0.240. The first-order valence-corrected chi connectivity index (χ1v) is 12.7. The Hall–Kier alpha value is -2.83. The second-order valence-corrected chi connectivity index (χ2v) is 10.8. The first-order chi connectivity index (χ1) is 15.5. The quantitative estimate of drug-likeness (QED) is 0.534. The van der Waals surface area contributed by atoms with Crippen LogP contribution in [0.15, 0.2) is 72.8 Å². The number of halogens is 1. The molecule has 0 saturated carbocycles. The molecule has 0 N–H and O–H groups in total. The fourth-order valence-corrected chi connectivity index (χ4v) is 6.76. The average Bonchev–Trinajstić information content (AvgIpc) is 2.95. The number of para-hydroxylation sites is 2. The van der Waals surface area contributed by atoms with E-state index in [9.17, 15) is 13.2 Å². The van der Waals surface area contributed by atoms with Crippen LogP contribution in [0.1, 0.15) is 34.3 Å². The van der Waals surface area contributed by atoms with Crippen LogP contribution in [0.2, 0.25) is 5.02 Å². The Bertz CT molecular complexity index is 1240. The number of sulfone groups is 1. The molecule has 5 nitrogen and oxygen atoms in total. The molecule has 1 atom stereocenters. The molecule has 3 aromatic rings. The van der Waals surface area contributed by atoms with E-state index in [0.717, 1.165) is 11.1 Å². The second kappa shape index (κ2) is 8.26. The van der Waals surface area contributed by atoms with Crippen molar-refractivity contribution in [2.24, 2.45) is 0 Å². The topological polar surface area (TPSA) is 63.7 Å². The minimum absolute atomic E-state index is 0.0961. The van der Waals surface area contributed by atoms with Gasteiger partial charge in [-0.15, -0.1) is 0 Å². The van der Waals surface area contributed by atoms with Gasteiger partial charge in [0, 0.05) is 29.2 Å². The van der Waals surface area contributed by atoms with Gasteiger partial charge >= 0.3 is 0 Å². The zero-order chi connectivity index (χ0) is 22.3. The third kappa shape index (κ3) is 3.67. The van der Waals surface area contributed by atoms with Crippen LogP contribution in [0.5, 0.6) is 11.5 Å². The Kier molecular flexibility index (Phi) is 5.43. The number of carbonyl (C=O) groups excluding carboxylic acids is 1. The summed E-state index contributed by atoms with van der Waals surface area (Å²) in [6.07, 6.45) is 0.310. The summed E-state index contributed by atoms with van der Waals surface area (Å²) in [7, 11) is -3.46. The smallest absolute Gasteiger partial charge is 0.234 e. The van der Waals surface area contributed by atoms with Gasteiger partial charge in [-0.3, -0.25) is 4.79 Å². The van der Waals surface area contributed by atoms with E-state index in [-0.39, 0.29) is 18.2 Å². The fourth-order valence-electron chi connectivity index (χ4n) is 4.61. The van der Waals surface area contributed by atoms with Crippen molar-refractivity contribution >= 4 is 27.3 Å². The number of ether oxygens (including phenoxy) is 1. The van der Waals surface area contributed by atoms with Crippen molar-refractivity contribution in [1.82, 2.24) is 4.90 Å². The van der Waals surface area contributed by atoms with Crippen molar-refractivity contribution in [1.29, 1.82) is 0 Å². The lowest BCUT2D eigenvalue weighted by Crippen LogP contribution is -2.38. The third-order valence-electron chi connectivity index (χ3n) is 6.23. The summed E-state index contributed by atoms with van der Waals surface area (Å²) in [5.41, 5.74) is 2.20. The van der Waals surface area contributed by atoms with Crippen LogP contribution < -0.4 is 4.74 Å². The largest absolute Gasteiger partial charge is 0.457 e. The molecule has 0 radical (unpaired) electrons. The molecular formula is C25H22ClNO4S. The monoisotopic (exact) mass is 467 g/mol. The van der Waals surface area contributed by atoms with E-state index in [1.807, 2.05) is 48.5 Å². The maximum Gasteiger partial charge on any atom is 0.234 e. The lowest BCUT2D eigenvalue weighted by atomic mass is 9.86. The van der Waals surface area contributed by atoms with Gasteiger partial charge in [-0.05, 0) is 30.2 Å². The molecule has 0 bridgehead atoms. The molecule has 0 spiro atoms. The van der Waals surface area contributed by atoms with Gasteiger partial charge in [0.25, 0.3) is 0 Å². The summed E-state index contributed by atoms with van der Waals surface area (Å²) < 4.78 is 32.2. The van der Waals surface area contributed by atoms with Crippen molar-refractivity contribution in [3.05, 3.63) is 94.5 Å². The van der Waals surface area contributed by atoms with Gasteiger partial charge in [0.2, 0.25) is 5.91 Å². The predicted molar refractivity (Wildman–Crippen MR) is 124 cm³/mol. The molecule has 164 valence electrons. The lowest BCUT2D eigenvalue weighted by molar-refractivity contribution is -0.131. The molecule has 1 saturated heterocycles. The van der Waals surface area contributed by atoms with Gasteiger partial charge in [0.15, 0.2) is 9.84 Å². The van der Waals surface area contributed by atoms with Crippen LogP contribution in [0.25, 0.3) is 0 Å². The van der Waals surface area contributed by atoms with Crippen LogP contribution in [-0.4, -0.2) is 38.1 Å². The summed E-state index contributed by atoms with van der Waals surface area (Å²) in [5.74, 6) is 0.571. The molecule has 1 amide bonds. The average molecular weight is 468 g/mol.